The number of hydrogen-bond donors (Lipinski definition) is 2. The molecule has 0 aliphatic carbocycles. The third kappa shape index (κ3) is 17.6. The number of carbonyl (C=O) groups excluding carboxylic acids is 2. The number of aliphatic hydroxyl groups excluding tert-OH is 2. The third-order valence-electron chi connectivity index (χ3n) is 2.52. The van der Waals surface area contributed by atoms with Crippen LogP contribution in [0, 0.1) is 0 Å². The zero-order chi connectivity index (χ0) is 14.2. The molecule has 2 unspecified atom stereocenters. The number of aliphatic hydroxyl groups is 2. The van der Waals surface area contributed by atoms with Gasteiger partial charge in [-0.1, -0.05) is 52.4 Å². The lowest BCUT2D eigenvalue weighted by atomic mass is 10.1. The van der Waals surface area contributed by atoms with Gasteiger partial charge in [0.1, 0.15) is 24.8 Å². The Kier molecular flexibility index (Phi) is 17.7. The number of aldehydes is 2. The van der Waals surface area contributed by atoms with E-state index in [1.54, 1.807) is 0 Å². The number of hydrogen-bond acceptors (Lipinski definition) is 4. The van der Waals surface area contributed by atoms with E-state index >= 15 is 0 Å². The normalized spacial score (nSPS) is 13.1. The lowest BCUT2D eigenvalue weighted by Gasteiger charge is -2.00. The Morgan fingerprint density at radius 1 is 0.778 bits per heavy atom. The molecule has 0 rings (SSSR count). The zero-order valence-corrected chi connectivity index (χ0v) is 11.7. The summed E-state index contributed by atoms with van der Waals surface area (Å²) in [5.41, 5.74) is 0. The molecule has 0 aromatic rings. The Morgan fingerprint density at radius 2 is 1.22 bits per heavy atom. The first-order valence-corrected chi connectivity index (χ1v) is 6.89. The van der Waals surface area contributed by atoms with E-state index in [9.17, 15) is 9.59 Å². The predicted octanol–water partition coefficient (Wildman–Crippen LogP) is 2.25. The summed E-state index contributed by atoms with van der Waals surface area (Å²) < 4.78 is 0. The molecule has 0 spiro atoms. The molecular formula is C14H28O4. The van der Waals surface area contributed by atoms with Crippen molar-refractivity contribution in [2.24, 2.45) is 0 Å². The van der Waals surface area contributed by atoms with Crippen molar-refractivity contribution < 1.29 is 19.8 Å². The largest absolute Gasteiger partial charge is 0.386 e. The Morgan fingerprint density at radius 3 is 1.61 bits per heavy atom. The van der Waals surface area contributed by atoms with Gasteiger partial charge >= 0.3 is 0 Å². The van der Waals surface area contributed by atoms with Crippen molar-refractivity contribution in [3.63, 3.8) is 0 Å². The zero-order valence-electron chi connectivity index (χ0n) is 11.7. The quantitative estimate of drug-likeness (QED) is 0.466. The van der Waals surface area contributed by atoms with Crippen molar-refractivity contribution in [3.05, 3.63) is 0 Å². The first kappa shape index (κ1) is 19.6. The Bertz CT molecular complexity index is 183. The summed E-state index contributed by atoms with van der Waals surface area (Å²) in [7, 11) is 0. The van der Waals surface area contributed by atoms with Gasteiger partial charge in [0.05, 0.1) is 0 Å². The van der Waals surface area contributed by atoms with Gasteiger partial charge in [-0.25, -0.2) is 0 Å². The molecule has 0 aliphatic heterocycles. The van der Waals surface area contributed by atoms with Crippen LogP contribution in [-0.4, -0.2) is 35.0 Å². The molecule has 0 aliphatic rings. The van der Waals surface area contributed by atoms with Crippen molar-refractivity contribution >= 4 is 12.6 Å². The molecule has 2 N–H and O–H groups in total. The lowest BCUT2D eigenvalue weighted by molar-refractivity contribution is -0.115. The summed E-state index contributed by atoms with van der Waals surface area (Å²) in [6, 6.07) is 0. The summed E-state index contributed by atoms with van der Waals surface area (Å²) >= 11 is 0. The van der Waals surface area contributed by atoms with E-state index < -0.39 is 12.2 Å². The van der Waals surface area contributed by atoms with Crippen LogP contribution in [-0.2, 0) is 9.59 Å². The number of rotatable bonds is 10. The number of unbranched alkanes of at least 4 members (excludes halogenated alkanes) is 4. The molecule has 2 atom stereocenters. The highest BCUT2D eigenvalue weighted by Gasteiger charge is 1.99. The molecule has 0 aromatic heterocycles. The van der Waals surface area contributed by atoms with E-state index in [1.807, 2.05) is 6.92 Å². The van der Waals surface area contributed by atoms with Crippen LogP contribution in [0.25, 0.3) is 0 Å². The minimum absolute atomic E-state index is 0.579. The highest BCUT2D eigenvalue weighted by Crippen LogP contribution is 2.03. The molecule has 4 nitrogen and oxygen atoms in total. The fourth-order valence-corrected chi connectivity index (χ4v) is 1.33. The number of carbonyl (C=O) groups is 2. The molecule has 0 saturated carbocycles. The highest BCUT2D eigenvalue weighted by molar-refractivity contribution is 5.55. The van der Waals surface area contributed by atoms with E-state index in [0.29, 0.717) is 25.4 Å². The fourth-order valence-electron chi connectivity index (χ4n) is 1.33. The predicted molar refractivity (Wildman–Crippen MR) is 72.4 cm³/mol. The topological polar surface area (TPSA) is 74.6 Å². The van der Waals surface area contributed by atoms with Gasteiger partial charge in [-0.2, -0.15) is 0 Å². The minimum atomic E-state index is -0.727. The van der Waals surface area contributed by atoms with Crippen molar-refractivity contribution in [2.45, 2.75) is 77.4 Å². The van der Waals surface area contributed by atoms with Crippen LogP contribution in [0.15, 0.2) is 0 Å². The van der Waals surface area contributed by atoms with Crippen LogP contribution in [0.1, 0.15) is 65.2 Å². The summed E-state index contributed by atoms with van der Waals surface area (Å²) in [5, 5.41) is 17.4. The van der Waals surface area contributed by atoms with Gasteiger partial charge in [-0.3, -0.25) is 0 Å². The van der Waals surface area contributed by atoms with Gasteiger partial charge in [0.2, 0.25) is 0 Å². The monoisotopic (exact) mass is 260 g/mol. The van der Waals surface area contributed by atoms with E-state index in [0.717, 1.165) is 25.7 Å². The summed E-state index contributed by atoms with van der Waals surface area (Å²) in [6.45, 7) is 4.16. The van der Waals surface area contributed by atoms with Crippen LogP contribution >= 0.6 is 0 Å². The average Bonchev–Trinajstić information content (AvgIpc) is 2.41. The van der Waals surface area contributed by atoms with Crippen LogP contribution in [0.4, 0.5) is 0 Å². The van der Waals surface area contributed by atoms with E-state index in [1.165, 1.54) is 12.8 Å². The molecule has 0 bridgehead atoms. The maximum atomic E-state index is 9.92. The van der Waals surface area contributed by atoms with E-state index in [2.05, 4.69) is 6.92 Å². The van der Waals surface area contributed by atoms with E-state index in [-0.39, 0.29) is 0 Å². The summed E-state index contributed by atoms with van der Waals surface area (Å²) in [5.74, 6) is 0. The van der Waals surface area contributed by atoms with E-state index in [4.69, 9.17) is 10.2 Å². The summed E-state index contributed by atoms with van der Waals surface area (Å²) in [4.78, 5) is 19.7. The fraction of sp³-hybridized carbons (Fsp3) is 0.857. The molecule has 0 fully saturated rings. The first-order valence-electron chi connectivity index (χ1n) is 6.89. The smallest absolute Gasteiger partial charge is 0.148 e. The van der Waals surface area contributed by atoms with Gasteiger partial charge in [0.15, 0.2) is 0 Å². The van der Waals surface area contributed by atoms with Crippen LogP contribution in [0.5, 0.6) is 0 Å². The van der Waals surface area contributed by atoms with Crippen molar-refractivity contribution in [1.29, 1.82) is 0 Å². The average molecular weight is 260 g/mol. The summed E-state index contributed by atoms with van der Waals surface area (Å²) in [6.07, 6.45) is 7.42. The molecule has 18 heavy (non-hydrogen) atoms. The second-order valence-electron chi connectivity index (χ2n) is 4.40. The molecule has 108 valence electrons. The van der Waals surface area contributed by atoms with Gasteiger partial charge in [-0.15, -0.1) is 0 Å². The second-order valence-corrected chi connectivity index (χ2v) is 4.40. The maximum Gasteiger partial charge on any atom is 0.148 e. The molecule has 0 heterocycles. The molecule has 0 radical (unpaired) electrons. The third-order valence-corrected chi connectivity index (χ3v) is 2.52. The van der Waals surface area contributed by atoms with Gasteiger partial charge in [-0.05, 0) is 12.8 Å². The van der Waals surface area contributed by atoms with Gasteiger partial charge in [0, 0.05) is 0 Å². The molecular weight excluding hydrogens is 232 g/mol. The Labute approximate surface area is 110 Å². The molecule has 0 aromatic carbocycles. The Balaban J connectivity index is 0. The van der Waals surface area contributed by atoms with Gasteiger partial charge in [0.25, 0.3) is 0 Å². The van der Waals surface area contributed by atoms with Crippen LogP contribution in [0.2, 0.25) is 0 Å². The van der Waals surface area contributed by atoms with Gasteiger partial charge < -0.3 is 19.8 Å². The van der Waals surface area contributed by atoms with Crippen molar-refractivity contribution in [2.75, 3.05) is 0 Å². The highest BCUT2D eigenvalue weighted by atomic mass is 16.3. The lowest BCUT2D eigenvalue weighted by Crippen LogP contribution is -2.06. The maximum absolute atomic E-state index is 9.92. The molecule has 0 saturated heterocycles. The van der Waals surface area contributed by atoms with Crippen molar-refractivity contribution in [1.82, 2.24) is 0 Å². The van der Waals surface area contributed by atoms with Crippen LogP contribution in [0.3, 0.4) is 0 Å². The Hall–Kier alpha value is -0.740. The first-order chi connectivity index (χ1) is 8.62. The van der Waals surface area contributed by atoms with Crippen LogP contribution < -0.4 is 0 Å². The van der Waals surface area contributed by atoms with Crippen molar-refractivity contribution in [3.8, 4) is 0 Å². The standard InChI is InChI=1S/C8H16O2.C6H12O2/c1-2-3-4-5-6-8(10)7-9;1-2-3-4-6(8)5-7/h7-8,10H,2-6H2,1H3;5-6,8H,2-4H2,1H3. The molecule has 0 amide bonds. The molecule has 4 heteroatoms. The SMILES string of the molecule is CCCCC(O)C=O.CCCCCCC(O)C=O. The second kappa shape index (κ2) is 16.3. The minimum Gasteiger partial charge on any atom is -0.386 e.